The Kier molecular flexibility index (Phi) is 5.63. The number of hydrogen-bond donors (Lipinski definition) is 2. The molecule has 0 atom stereocenters. The molecule has 0 saturated heterocycles. The van der Waals surface area contributed by atoms with Crippen LogP contribution in [0.5, 0.6) is 0 Å². The number of rotatable bonds is 5. The summed E-state index contributed by atoms with van der Waals surface area (Å²) in [6.07, 6.45) is 1.53. The smallest absolute Gasteiger partial charge is 0.337 e. The fourth-order valence-corrected chi connectivity index (χ4v) is 2.43. The first-order chi connectivity index (χ1) is 13.6. The Morgan fingerprint density at radius 3 is 2.29 bits per heavy atom. The molecule has 0 unspecified atom stereocenters. The summed E-state index contributed by atoms with van der Waals surface area (Å²) < 4.78 is 4.65. The average Bonchev–Trinajstić information content (AvgIpc) is 2.74. The van der Waals surface area contributed by atoms with Crippen molar-refractivity contribution in [2.75, 3.05) is 17.7 Å². The topological polar surface area (TPSA) is 104 Å². The van der Waals surface area contributed by atoms with Gasteiger partial charge in [-0.3, -0.25) is 4.79 Å². The number of carbonyl (C=O) groups is 2. The molecule has 1 aromatic heterocycles. The largest absolute Gasteiger partial charge is 0.465 e. The number of aromatic nitrogens is 1. The van der Waals surface area contributed by atoms with E-state index in [-0.39, 0.29) is 5.91 Å². The van der Waals surface area contributed by atoms with Crippen LogP contribution in [0.25, 0.3) is 0 Å². The first kappa shape index (κ1) is 18.6. The zero-order valence-electron chi connectivity index (χ0n) is 15.0. The molecule has 28 heavy (non-hydrogen) atoms. The maximum absolute atomic E-state index is 12.5. The second-order valence-electron chi connectivity index (χ2n) is 5.77. The Morgan fingerprint density at radius 2 is 1.64 bits per heavy atom. The lowest BCUT2D eigenvalue weighted by Gasteiger charge is -2.09. The van der Waals surface area contributed by atoms with E-state index in [1.54, 1.807) is 60.7 Å². The van der Waals surface area contributed by atoms with E-state index in [4.69, 9.17) is 5.26 Å². The molecule has 0 radical (unpaired) electrons. The lowest BCUT2D eigenvalue weighted by Crippen LogP contribution is -2.12. The number of anilines is 3. The van der Waals surface area contributed by atoms with Crippen LogP contribution < -0.4 is 10.6 Å². The molecule has 1 heterocycles. The fourth-order valence-electron chi connectivity index (χ4n) is 2.43. The van der Waals surface area contributed by atoms with Gasteiger partial charge < -0.3 is 15.4 Å². The van der Waals surface area contributed by atoms with Crippen molar-refractivity contribution in [2.24, 2.45) is 0 Å². The summed E-state index contributed by atoms with van der Waals surface area (Å²) in [5.74, 6) is -0.250. The van der Waals surface area contributed by atoms with Crippen LogP contribution in [-0.2, 0) is 4.74 Å². The highest BCUT2D eigenvalue weighted by Gasteiger charge is 2.09. The lowest BCUT2D eigenvalue weighted by molar-refractivity contribution is 0.0600. The van der Waals surface area contributed by atoms with Crippen molar-refractivity contribution in [3.8, 4) is 6.07 Å². The van der Waals surface area contributed by atoms with Gasteiger partial charge in [-0.05, 0) is 60.7 Å². The van der Waals surface area contributed by atoms with Gasteiger partial charge in [0.2, 0.25) is 0 Å². The van der Waals surface area contributed by atoms with Gasteiger partial charge in [0, 0.05) is 23.1 Å². The molecule has 0 aliphatic carbocycles. The van der Waals surface area contributed by atoms with Crippen LogP contribution in [-0.4, -0.2) is 24.0 Å². The molecule has 0 aliphatic rings. The summed E-state index contributed by atoms with van der Waals surface area (Å²) >= 11 is 0. The van der Waals surface area contributed by atoms with E-state index in [2.05, 4.69) is 26.4 Å². The Balaban J connectivity index is 1.69. The molecule has 1 amide bonds. The third-order valence-electron chi connectivity index (χ3n) is 3.87. The molecule has 3 aromatic rings. The fraction of sp³-hybridized carbons (Fsp3) is 0.0476. The van der Waals surface area contributed by atoms with Gasteiger partial charge in [0.15, 0.2) is 0 Å². The number of benzene rings is 2. The number of methoxy groups -OCH3 is 1. The number of nitriles is 1. The molecule has 138 valence electrons. The highest BCUT2D eigenvalue weighted by Crippen LogP contribution is 2.17. The van der Waals surface area contributed by atoms with Gasteiger partial charge in [0.25, 0.3) is 5.91 Å². The normalized spacial score (nSPS) is 9.86. The third-order valence-corrected chi connectivity index (χ3v) is 3.87. The highest BCUT2D eigenvalue weighted by molar-refractivity contribution is 6.04. The Labute approximate surface area is 161 Å². The number of nitrogens with one attached hydrogen (secondary N) is 2. The second-order valence-corrected chi connectivity index (χ2v) is 5.77. The van der Waals surface area contributed by atoms with Crippen LogP contribution >= 0.6 is 0 Å². The minimum Gasteiger partial charge on any atom is -0.465 e. The molecular weight excluding hydrogens is 356 g/mol. The SMILES string of the molecule is COC(=O)c1ccc(NC(=O)c2ccnc(Nc3ccc(C#N)cc3)c2)cc1. The summed E-state index contributed by atoms with van der Waals surface area (Å²) in [7, 11) is 1.31. The number of nitrogens with zero attached hydrogens (tertiary/aromatic N) is 2. The van der Waals surface area contributed by atoms with E-state index >= 15 is 0 Å². The van der Waals surface area contributed by atoms with Gasteiger partial charge in [-0.2, -0.15) is 5.26 Å². The van der Waals surface area contributed by atoms with E-state index in [0.717, 1.165) is 5.69 Å². The monoisotopic (exact) mass is 372 g/mol. The predicted molar refractivity (Wildman–Crippen MR) is 104 cm³/mol. The Bertz CT molecular complexity index is 1040. The van der Waals surface area contributed by atoms with Crippen molar-refractivity contribution in [3.05, 3.63) is 83.6 Å². The molecular formula is C21H16N4O3. The van der Waals surface area contributed by atoms with Crippen LogP contribution in [0.1, 0.15) is 26.3 Å². The first-order valence-electron chi connectivity index (χ1n) is 8.32. The average molecular weight is 372 g/mol. The van der Waals surface area contributed by atoms with E-state index in [1.165, 1.54) is 13.3 Å². The number of amides is 1. The van der Waals surface area contributed by atoms with Crippen molar-refractivity contribution >= 4 is 29.1 Å². The van der Waals surface area contributed by atoms with Crippen molar-refractivity contribution < 1.29 is 14.3 Å². The zero-order valence-corrected chi connectivity index (χ0v) is 15.0. The van der Waals surface area contributed by atoms with Crippen LogP contribution in [0.15, 0.2) is 66.9 Å². The third kappa shape index (κ3) is 4.51. The van der Waals surface area contributed by atoms with Gasteiger partial charge in [0.1, 0.15) is 5.82 Å². The summed E-state index contributed by atoms with van der Waals surface area (Å²) in [6, 6.07) is 18.6. The zero-order chi connectivity index (χ0) is 19.9. The molecule has 0 aliphatic heterocycles. The molecule has 7 nitrogen and oxygen atoms in total. The maximum atomic E-state index is 12.5. The van der Waals surface area contributed by atoms with Gasteiger partial charge in [-0.1, -0.05) is 0 Å². The molecule has 0 spiro atoms. The molecule has 2 aromatic carbocycles. The van der Waals surface area contributed by atoms with Crippen molar-refractivity contribution in [3.63, 3.8) is 0 Å². The minimum absolute atomic E-state index is 0.309. The number of hydrogen-bond acceptors (Lipinski definition) is 6. The number of carbonyl (C=O) groups excluding carboxylic acids is 2. The van der Waals surface area contributed by atoms with Gasteiger partial charge in [-0.25, -0.2) is 9.78 Å². The quantitative estimate of drug-likeness (QED) is 0.661. The molecule has 2 N–H and O–H groups in total. The van der Waals surface area contributed by atoms with E-state index in [1.807, 2.05) is 0 Å². The predicted octanol–water partition coefficient (Wildman–Crippen LogP) is 3.74. The second kappa shape index (κ2) is 8.47. The number of esters is 1. The van der Waals surface area contributed by atoms with Crippen molar-refractivity contribution in [1.82, 2.24) is 4.98 Å². The lowest BCUT2D eigenvalue weighted by atomic mass is 10.2. The van der Waals surface area contributed by atoms with Crippen LogP contribution in [0.4, 0.5) is 17.2 Å². The van der Waals surface area contributed by atoms with Crippen LogP contribution in [0, 0.1) is 11.3 Å². The maximum Gasteiger partial charge on any atom is 0.337 e. The number of pyridine rings is 1. The summed E-state index contributed by atoms with van der Waals surface area (Å²) in [5.41, 5.74) is 2.69. The van der Waals surface area contributed by atoms with Gasteiger partial charge in [-0.15, -0.1) is 0 Å². The molecule has 7 heteroatoms. The molecule has 0 fully saturated rings. The molecule has 0 saturated carbocycles. The van der Waals surface area contributed by atoms with Crippen LogP contribution in [0.3, 0.4) is 0 Å². The van der Waals surface area contributed by atoms with Gasteiger partial charge in [0.05, 0.1) is 24.3 Å². The van der Waals surface area contributed by atoms with Crippen LogP contribution in [0.2, 0.25) is 0 Å². The Morgan fingerprint density at radius 1 is 0.964 bits per heavy atom. The van der Waals surface area contributed by atoms with Gasteiger partial charge >= 0.3 is 5.97 Å². The van der Waals surface area contributed by atoms with Crippen molar-refractivity contribution in [1.29, 1.82) is 5.26 Å². The Hall–Kier alpha value is -4.18. The first-order valence-corrected chi connectivity index (χ1v) is 8.32. The summed E-state index contributed by atoms with van der Waals surface area (Å²) in [4.78, 5) is 28.1. The standard InChI is InChI=1S/C21H16N4O3/c1-28-21(27)15-4-8-18(9-5-15)25-20(26)16-10-11-23-19(12-16)24-17-6-2-14(13-22)3-7-17/h2-12H,1H3,(H,23,24)(H,25,26). The minimum atomic E-state index is -0.439. The van der Waals surface area contributed by atoms with E-state index < -0.39 is 5.97 Å². The molecule has 0 bridgehead atoms. The van der Waals surface area contributed by atoms with E-state index in [9.17, 15) is 9.59 Å². The number of ether oxygens (including phenoxy) is 1. The summed E-state index contributed by atoms with van der Waals surface area (Å²) in [5, 5.41) is 14.7. The summed E-state index contributed by atoms with van der Waals surface area (Å²) in [6.45, 7) is 0. The highest BCUT2D eigenvalue weighted by atomic mass is 16.5. The van der Waals surface area contributed by atoms with Crippen molar-refractivity contribution in [2.45, 2.75) is 0 Å². The van der Waals surface area contributed by atoms with E-state index in [0.29, 0.717) is 28.2 Å². The molecule has 3 rings (SSSR count).